The van der Waals surface area contributed by atoms with E-state index in [0.29, 0.717) is 12.8 Å². The number of alkyl halides is 3. The lowest BCUT2D eigenvalue weighted by Gasteiger charge is -2.36. The fourth-order valence-electron chi connectivity index (χ4n) is 2.71. The smallest absolute Gasteiger partial charge is 0.324 e. The van der Waals surface area contributed by atoms with Crippen molar-refractivity contribution in [1.82, 2.24) is 0 Å². The molecule has 0 saturated heterocycles. The van der Waals surface area contributed by atoms with Crippen LogP contribution in [0.25, 0.3) is 0 Å². The number of hydrogen-bond acceptors (Lipinski definition) is 2. The molecular weight excluding hydrogens is 247 g/mol. The predicted octanol–water partition coefficient (Wildman–Crippen LogP) is 4.12. The molecule has 1 aliphatic rings. The molecule has 0 bridgehead atoms. The van der Waals surface area contributed by atoms with Crippen molar-refractivity contribution in [2.24, 2.45) is 17.6 Å². The average molecular weight is 263 g/mol. The SMILES string of the molecule is NC(c1ccsc1)C1CCCCC1C(F)(F)F. The van der Waals surface area contributed by atoms with Crippen molar-refractivity contribution in [3.63, 3.8) is 0 Å². The Kier molecular flexibility index (Phi) is 3.78. The van der Waals surface area contributed by atoms with Crippen LogP contribution in [0.4, 0.5) is 13.2 Å². The average Bonchev–Trinajstić information content (AvgIpc) is 2.80. The summed E-state index contributed by atoms with van der Waals surface area (Å²) < 4.78 is 38.8. The van der Waals surface area contributed by atoms with E-state index in [0.717, 1.165) is 12.0 Å². The molecule has 17 heavy (non-hydrogen) atoms. The summed E-state index contributed by atoms with van der Waals surface area (Å²) in [6, 6.07) is 1.35. The molecule has 0 aromatic carbocycles. The molecule has 2 rings (SSSR count). The highest BCUT2D eigenvalue weighted by molar-refractivity contribution is 7.07. The number of rotatable bonds is 2. The van der Waals surface area contributed by atoms with E-state index < -0.39 is 24.1 Å². The molecular formula is C12H16F3NS. The molecule has 3 atom stereocenters. The van der Waals surface area contributed by atoms with Gasteiger partial charge in [-0.05, 0) is 41.1 Å². The lowest BCUT2D eigenvalue weighted by atomic mass is 9.74. The fraction of sp³-hybridized carbons (Fsp3) is 0.667. The Balaban J connectivity index is 2.16. The fourth-order valence-corrected chi connectivity index (χ4v) is 3.41. The van der Waals surface area contributed by atoms with Gasteiger partial charge in [0.2, 0.25) is 0 Å². The first-order valence-electron chi connectivity index (χ1n) is 5.84. The zero-order chi connectivity index (χ0) is 12.5. The summed E-state index contributed by atoms with van der Waals surface area (Å²) in [4.78, 5) is 0. The largest absolute Gasteiger partial charge is 0.392 e. The van der Waals surface area contributed by atoms with Gasteiger partial charge in [-0.1, -0.05) is 12.8 Å². The Bertz CT molecular complexity index is 347. The standard InChI is InChI=1S/C12H16F3NS/c13-12(14,15)10-4-2-1-3-9(10)11(16)8-5-6-17-7-8/h5-7,9-11H,1-4,16H2. The van der Waals surface area contributed by atoms with E-state index in [1.807, 2.05) is 16.8 Å². The quantitative estimate of drug-likeness (QED) is 0.853. The van der Waals surface area contributed by atoms with Crippen LogP contribution in [0.1, 0.15) is 37.3 Å². The third-order valence-corrected chi connectivity index (χ3v) is 4.33. The van der Waals surface area contributed by atoms with Crippen molar-refractivity contribution < 1.29 is 13.2 Å². The molecule has 96 valence electrons. The van der Waals surface area contributed by atoms with Gasteiger partial charge in [-0.15, -0.1) is 0 Å². The van der Waals surface area contributed by atoms with Crippen LogP contribution in [-0.2, 0) is 0 Å². The minimum absolute atomic E-state index is 0.228. The van der Waals surface area contributed by atoms with E-state index in [1.165, 1.54) is 11.3 Å². The molecule has 1 aliphatic carbocycles. The van der Waals surface area contributed by atoms with E-state index >= 15 is 0 Å². The normalized spacial score (nSPS) is 28.0. The van der Waals surface area contributed by atoms with Crippen molar-refractivity contribution in [2.45, 2.75) is 37.9 Å². The van der Waals surface area contributed by atoms with Crippen LogP contribution in [0.15, 0.2) is 16.8 Å². The molecule has 5 heteroatoms. The third-order valence-electron chi connectivity index (χ3n) is 3.63. The second kappa shape index (κ2) is 4.98. The lowest BCUT2D eigenvalue weighted by molar-refractivity contribution is -0.198. The van der Waals surface area contributed by atoms with Gasteiger partial charge in [-0.25, -0.2) is 0 Å². The summed E-state index contributed by atoms with van der Waals surface area (Å²) in [7, 11) is 0. The zero-order valence-electron chi connectivity index (χ0n) is 9.41. The third kappa shape index (κ3) is 2.83. The second-order valence-electron chi connectivity index (χ2n) is 4.68. The van der Waals surface area contributed by atoms with Crippen LogP contribution in [0.3, 0.4) is 0 Å². The van der Waals surface area contributed by atoms with E-state index in [2.05, 4.69) is 0 Å². The zero-order valence-corrected chi connectivity index (χ0v) is 10.2. The van der Waals surface area contributed by atoms with Gasteiger partial charge in [-0.3, -0.25) is 0 Å². The van der Waals surface area contributed by atoms with Crippen LogP contribution in [0.2, 0.25) is 0 Å². The highest BCUT2D eigenvalue weighted by atomic mass is 32.1. The predicted molar refractivity (Wildman–Crippen MR) is 62.8 cm³/mol. The molecule has 0 aliphatic heterocycles. The van der Waals surface area contributed by atoms with Gasteiger partial charge in [0.25, 0.3) is 0 Å². The molecule has 0 radical (unpaired) electrons. The monoisotopic (exact) mass is 263 g/mol. The van der Waals surface area contributed by atoms with Crippen molar-refractivity contribution in [1.29, 1.82) is 0 Å². The van der Waals surface area contributed by atoms with Gasteiger partial charge >= 0.3 is 6.18 Å². The van der Waals surface area contributed by atoms with Crippen LogP contribution in [0, 0.1) is 11.8 Å². The summed E-state index contributed by atoms with van der Waals surface area (Å²) in [6.45, 7) is 0. The second-order valence-corrected chi connectivity index (χ2v) is 5.46. The van der Waals surface area contributed by atoms with Crippen LogP contribution < -0.4 is 5.73 Å². The minimum Gasteiger partial charge on any atom is -0.324 e. The Hall–Kier alpha value is -0.550. The van der Waals surface area contributed by atoms with Crippen molar-refractivity contribution in [3.8, 4) is 0 Å². The maximum absolute atomic E-state index is 12.9. The minimum atomic E-state index is -4.11. The van der Waals surface area contributed by atoms with Crippen molar-refractivity contribution in [3.05, 3.63) is 22.4 Å². The maximum atomic E-state index is 12.9. The first kappa shape index (κ1) is 12.9. The van der Waals surface area contributed by atoms with E-state index in [9.17, 15) is 13.2 Å². The maximum Gasteiger partial charge on any atom is 0.392 e. The Morgan fingerprint density at radius 2 is 2.00 bits per heavy atom. The lowest BCUT2D eigenvalue weighted by Crippen LogP contribution is -2.38. The molecule has 1 heterocycles. The summed E-state index contributed by atoms with van der Waals surface area (Å²) in [5.41, 5.74) is 6.85. The number of nitrogens with two attached hydrogens (primary N) is 1. The molecule has 1 aromatic rings. The highest BCUT2D eigenvalue weighted by Gasteiger charge is 2.47. The van der Waals surface area contributed by atoms with E-state index in [4.69, 9.17) is 5.73 Å². The van der Waals surface area contributed by atoms with Gasteiger partial charge in [0.05, 0.1) is 5.92 Å². The molecule has 3 unspecified atom stereocenters. The number of halogens is 3. The first-order chi connectivity index (χ1) is 8.00. The molecule has 1 saturated carbocycles. The Morgan fingerprint density at radius 3 is 2.59 bits per heavy atom. The molecule has 2 N–H and O–H groups in total. The van der Waals surface area contributed by atoms with Gasteiger partial charge in [0.15, 0.2) is 0 Å². The Labute approximate surface area is 103 Å². The van der Waals surface area contributed by atoms with Crippen LogP contribution in [-0.4, -0.2) is 6.18 Å². The molecule has 0 amide bonds. The van der Waals surface area contributed by atoms with Crippen molar-refractivity contribution in [2.75, 3.05) is 0 Å². The summed E-state index contributed by atoms with van der Waals surface area (Å²) in [5, 5.41) is 3.72. The van der Waals surface area contributed by atoms with Gasteiger partial charge < -0.3 is 5.73 Å². The summed E-state index contributed by atoms with van der Waals surface area (Å²) >= 11 is 1.48. The van der Waals surface area contributed by atoms with Crippen LogP contribution >= 0.6 is 11.3 Å². The number of thiophene rings is 1. The van der Waals surface area contributed by atoms with E-state index in [-0.39, 0.29) is 6.42 Å². The van der Waals surface area contributed by atoms with E-state index in [1.54, 1.807) is 0 Å². The van der Waals surface area contributed by atoms with Gasteiger partial charge in [0, 0.05) is 6.04 Å². The Morgan fingerprint density at radius 1 is 1.29 bits per heavy atom. The van der Waals surface area contributed by atoms with Crippen LogP contribution in [0.5, 0.6) is 0 Å². The molecule has 0 spiro atoms. The summed E-state index contributed by atoms with van der Waals surface area (Å²) in [5.74, 6) is -1.69. The highest BCUT2D eigenvalue weighted by Crippen LogP contribution is 2.45. The molecule has 1 fully saturated rings. The van der Waals surface area contributed by atoms with Gasteiger partial charge in [0.1, 0.15) is 0 Å². The van der Waals surface area contributed by atoms with Crippen molar-refractivity contribution >= 4 is 11.3 Å². The topological polar surface area (TPSA) is 26.0 Å². The van der Waals surface area contributed by atoms with Gasteiger partial charge in [-0.2, -0.15) is 24.5 Å². The first-order valence-corrected chi connectivity index (χ1v) is 6.79. The molecule has 1 nitrogen and oxygen atoms in total. The summed E-state index contributed by atoms with van der Waals surface area (Å²) in [6.07, 6.45) is -1.78. The number of hydrogen-bond donors (Lipinski definition) is 1. The molecule has 1 aromatic heterocycles.